The van der Waals surface area contributed by atoms with Crippen molar-refractivity contribution < 1.29 is 9.53 Å². The number of H-pyrrole nitrogens is 1. The smallest absolute Gasteiger partial charge is 0.337 e. The molecule has 1 N–H and O–H groups in total. The van der Waals surface area contributed by atoms with Gasteiger partial charge in [-0.2, -0.15) is 5.26 Å². The normalized spacial score (nSPS) is 11.2. The zero-order valence-corrected chi connectivity index (χ0v) is 12.5. The molecule has 1 heterocycles. The van der Waals surface area contributed by atoms with E-state index in [2.05, 4.69) is 15.8 Å². The van der Waals surface area contributed by atoms with Gasteiger partial charge < -0.3 is 9.72 Å². The first-order valence-corrected chi connectivity index (χ1v) is 7.09. The highest BCUT2D eigenvalue weighted by Crippen LogP contribution is 2.26. The number of hydrogen-bond acceptors (Lipinski definition) is 3. The maximum absolute atomic E-state index is 11.4. The first-order chi connectivity index (χ1) is 11.2. The molecule has 0 atom stereocenters. The average Bonchev–Trinajstić information content (AvgIpc) is 3.03. The van der Waals surface area contributed by atoms with Crippen LogP contribution >= 0.6 is 0 Å². The number of para-hydroxylation sites is 1. The Labute approximate surface area is 133 Å². The minimum Gasteiger partial charge on any atom is -0.465 e. The van der Waals surface area contributed by atoms with E-state index in [9.17, 15) is 10.1 Å². The fraction of sp³-hybridized carbons (Fsp3) is 0.0526. The number of aromatic amines is 1. The number of ether oxygens (including phenoxy) is 1. The van der Waals surface area contributed by atoms with Gasteiger partial charge in [0.25, 0.3) is 0 Å². The molecule has 3 rings (SSSR count). The second-order valence-electron chi connectivity index (χ2n) is 5.03. The van der Waals surface area contributed by atoms with Gasteiger partial charge in [0.1, 0.15) is 0 Å². The Hall–Kier alpha value is -3.32. The van der Waals surface area contributed by atoms with Crippen molar-refractivity contribution in [3.8, 4) is 6.07 Å². The van der Waals surface area contributed by atoms with Crippen LogP contribution in [0, 0.1) is 11.3 Å². The van der Waals surface area contributed by atoms with Crippen molar-refractivity contribution in [3.63, 3.8) is 0 Å². The Bertz CT molecular complexity index is 928. The van der Waals surface area contributed by atoms with Crippen LogP contribution < -0.4 is 0 Å². The van der Waals surface area contributed by atoms with E-state index in [4.69, 9.17) is 0 Å². The van der Waals surface area contributed by atoms with E-state index in [1.165, 1.54) is 7.11 Å². The molecule has 4 nitrogen and oxygen atoms in total. The maximum Gasteiger partial charge on any atom is 0.337 e. The van der Waals surface area contributed by atoms with E-state index in [1.54, 1.807) is 30.3 Å². The van der Waals surface area contributed by atoms with Crippen molar-refractivity contribution in [3.05, 3.63) is 71.4 Å². The number of allylic oxidation sites excluding steroid dienone is 1. The number of nitrogens with one attached hydrogen (secondary N) is 1. The van der Waals surface area contributed by atoms with Crippen LogP contribution in [-0.2, 0) is 4.74 Å². The summed E-state index contributed by atoms with van der Waals surface area (Å²) in [4.78, 5) is 14.6. The summed E-state index contributed by atoms with van der Waals surface area (Å²) in [5.41, 5.74) is 3.74. The number of carbonyl (C=O) groups excluding carboxylic acids is 1. The number of nitriles is 1. The first kappa shape index (κ1) is 14.6. The molecule has 3 aromatic rings. The SMILES string of the molecule is COC(=O)c1ccc(/C=C(\C#N)c2c[nH]c3ccccc23)cc1. The fourth-order valence-electron chi connectivity index (χ4n) is 2.46. The number of methoxy groups -OCH3 is 1. The van der Waals surface area contributed by atoms with Crippen LogP contribution in [0.15, 0.2) is 54.7 Å². The van der Waals surface area contributed by atoms with Crippen molar-refractivity contribution in [2.75, 3.05) is 7.11 Å². The number of esters is 1. The summed E-state index contributed by atoms with van der Waals surface area (Å²) >= 11 is 0. The van der Waals surface area contributed by atoms with Gasteiger partial charge in [-0.15, -0.1) is 0 Å². The van der Waals surface area contributed by atoms with Crippen molar-refractivity contribution in [1.82, 2.24) is 4.98 Å². The molecule has 0 aliphatic heterocycles. The molecule has 0 spiro atoms. The molecule has 0 saturated carbocycles. The molecule has 0 radical (unpaired) electrons. The van der Waals surface area contributed by atoms with Gasteiger partial charge in [0, 0.05) is 22.7 Å². The Morgan fingerprint density at radius 1 is 1.17 bits per heavy atom. The van der Waals surface area contributed by atoms with E-state index in [-0.39, 0.29) is 5.97 Å². The molecule has 112 valence electrons. The second kappa shape index (κ2) is 6.20. The molecule has 4 heteroatoms. The predicted molar refractivity (Wildman–Crippen MR) is 89.6 cm³/mol. The van der Waals surface area contributed by atoms with E-state index >= 15 is 0 Å². The van der Waals surface area contributed by atoms with Crippen LogP contribution in [0.1, 0.15) is 21.5 Å². The monoisotopic (exact) mass is 302 g/mol. The number of carbonyl (C=O) groups is 1. The van der Waals surface area contributed by atoms with Crippen LogP contribution in [0.4, 0.5) is 0 Å². The number of nitrogens with zero attached hydrogens (tertiary/aromatic N) is 1. The maximum atomic E-state index is 11.4. The summed E-state index contributed by atoms with van der Waals surface area (Å²) in [6.45, 7) is 0. The van der Waals surface area contributed by atoms with Gasteiger partial charge in [-0.1, -0.05) is 30.3 Å². The number of fused-ring (bicyclic) bond motifs is 1. The topological polar surface area (TPSA) is 65.9 Å². The number of hydrogen-bond donors (Lipinski definition) is 1. The van der Waals surface area contributed by atoms with Crippen molar-refractivity contribution in [2.45, 2.75) is 0 Å². The molecule has 0 bridgehead atoms. The summed E-state index contributed by atoms with van der Waals surface area (Å²) in [5.74, 6) is -0.377. The number of benzene rings is 2. The summed E-state index contributed by atoms with van der Waals surface area (Å²) in [7, 11) is 1.35. The van der Waals surface area contributed by atoms with Crippen molar-refractivity contribution in [1.29, 1.82) is 5.26 Å². The number of aromatic nitrogens is 1. The molecule has 0 aliphatic carbocycles. The summed E-state index contributed by atoms with van der Waals surface area (Å²) < 4.78 is 4.67. The third-order valence-corrected chi connectivity index (χ3v) is 3.64. The van der Waals surface area contributed by atoms with E-state index in [0.717, 1.165) is 22.0 Å². The Balaban J connectivity index is 1.99. The molecule has 0 saturated heterocycles. The van der Waals surface area contributed by atoms with Crippen LogP contribution in [0.2, 0.25) is 0 Å². The zero-order valence-electron chi connectivity index (χ0n) is 12.5. The van der Waals surface area contributed by atoms with Gasteiger partial charge in [0.05, 0.1) is 24.3 Å². The minimum atomic E-state index is -0.377. The summed E-state index contributed by atoms with van der Waals surface area (Å²) in [6, 6.07) is 17.0. The fourth-order valence-corrected chi connectivity index (χ4v) is 2.46. The highest BCUT2D eigenvalue weighted by Gasteiger charge is 2.09. The third kappa shape index (κ3) is 2.85. The molecule has 1 aromatic heterocycles. The van der Waals surface area contributed by atoms with Crippen LogP contribution in [0.3, 0.4) is 0 Å². The van der Waals surface area contributed by atoms with Crippen LogP contribution in [-0.4, -0.2) is 18.1 Å². The zero-order chi connectivity index (χ0) is 16.2. The van der Waals surface area contributed by atoms with Gasteiger partial charge in [0.15, 0.2) is 0 Å². The van der Waals surface area contributed by atoms with Crippen LogP contribution in [0.25, 0.3) is 22.6 Å². The molecule has 0 amide bonds. The third-order valence-electron chi connectivity index (χ3n) is 3.64. The predicted octanol–water partition coefficient (Wildman–Crippen LogP) is 4.02. The highest BCUT2D eigenvalue weighted by molar-refractivity contribution is 6.01. The molecule has 0 aliphatic rings. The average molecular weight is 302 g/mol. The standard InChI is InChI=1S/C19H14N2O2/c1-23-19(22)14-8-6-13(7-9-14)10-15(11-20)17-12-21-18-5-3-2-4-16(17)18/h2-10,12,21H,1H3/b15-10+. The van der Waals surface area contributed by atoms with E-state index in [1.807, 2.05) is 30.5 Å². The molecule has 23 heavy (non-hydrogen) atoms. The van der Waals surface area contributed by atoms with Gasteiger partial charge >= 0.3 is 5.97 Å². The van der Waals surface area contributed by atoms with Gasteiger partial charge in [-0.3, -0.25) is 0 Å². The lowest BCUT2D eigenvalue weighted by Crippen LogP contribution is -2.00. The summed E-state index contributed by atoms with van der Waals surface area (Å²) in [6.07, 6.45) is 3.64. The number of rotatable bonds is 3. The molecular formula is C19H14N2O2. The lowest BCUT2D eigenvalue weighted by molar-refractivity contribution is 0.0600. The lowest BCUT2D eigenvalue weighted by Gasteiger charge is -2.01. The van der Waals surface area contributed by atoms with Gasteiger partial charge in [0.2, 0.25) is 0 Å². The largest absolute Gasteiger partial charge is 0.465 e. The van der Waals surface area contributed by atoms with Crippen molar-refractivity contribution >= 4 is 28.5 Å². The Morgan fingerprint density at radius 3 is 2.61 bits per heavy atom. The first-order valence-electron chi connectivity index (χ1n) is 7.09. The minimum absolute atomic E-state index is 0.377. The van der Waals surface area contributed by atoms with Crippen LogP contribution in [0.5, 0.6) is 0 Å². The van der Waals surface area contributed by atoms with E-state index in [0.29, 0.717) is 11.1 Å². The molecule has 2 aromatic carbocycles. The molecule has 0 fully saturated rings. The summed E-state index contributed by atoms with van der Waals surface area (Å²) in [5, 5.41) is 10.5. The Morgan fingerprint density at radius 2 is 1.91 bits per heavy atom. The van der Waals surface area contributed by atoms with Crippen molar-refractivity contribution in [2.24, 2.45) is 0 Å². The van der Waals surface area contributed by atoms with Gasteiger partial charge in [-0.05, 0) is 29.8 Å². The molecule has 0 unspecified atom stereocenters. The Kier molecular flexibility index (Phi) is 3.94. The lowest BCUT2D eigenvalue weighted by atomic mass is 10.0. The highest BCUT2D eigenvalue weighted by atomic mass is 16.5. The molecular weight excluding hydrogens is 288 g/mol. The second-order valence-corrected chi connectivity index (χ2v) is 5.03. The van der Waals surface area contributed by atoms with E-state index < -0.39 is 0 Å². The quantitative estimate of drug-likeness (QED) is 0.587. The van der Waals surface area contributed by atoms with Gasteiger partial charge in [-0.25, -0.2) is 4.79 Å².